The van der Waals surface area contributed by atoms with Crippen LogP contribution >= 0.6 is 0 Å². The number of aromatic nitrogens is 1. The SMILES string of the molecule is COC(=O)C1(c2ccc(-c3ccc(B4OC(C)(C)C(C)(C)O4)cc3)nc2)CC1. The van der Waals surface area contributed by atoms with Gasteiger partial charge in [-0.15, -0.1) is 0 Å². The number of esters is 1. The van der Waals surface area contributed by atoms with Gasteiger partial charge < -0.3 is 14.0 Å². The number of carbonyl (C=O) groups excluding carboxylic acids is 1. The Labute approximate surface area is 166 Å². The van der Waals surface area contributed by atoms with E-state index in [-0.39, 0.29) is 24.3 Å². The molecule has 5 nitrogen and oxygen atoms in total. The van der Waals surface area contributed by atoms with E-state index in [0.717, 1.165) is 35.1 Å². The number of hydrogen-bond acceptors (Lipinski definition) is 5. The lowest BCUT2D eigenvalue weighted by atomic mass is 9.79. The molecule has 0 N–H and O–H groups in total. The molecule has 0 spiro atoms. The molecule has 2 heterocycles. The summed E-state index contributed by atoms with van der Waals surface area (Å²) in [6.07, 6.45) is 3.44. The molecule has 0 amide bonds. The van der Waals surface area contributed by atoms with Crippen LogP contribution in [0.15, 0.2) is 42.6 Å². The zero-order chi connectivity index (χ0) is 20.2. The molecule has 0 radical (unpaired) electrons. The quantitative estimate of drug-likeness (QED) is 0.603. The van der Waals surface area contributed by atoms with Crippen molar-refractivity contribution >= 4 is 18.6 Å². The van der Waals surface area contributed by atoms with Crippen molar-refractivity contribution in [1.82, 2.24) is 4.98 Å². The number of nitrogens with zero attached hydrogens (tertiary/aromatic N) is 1. The van der Waals surface area contributed by atoms with E-state index in [1.165, 1.54) is 7.11 Å². The Morgan fingerprint density at radius 3 is 2.07 bits per heavy atom. The van der Waals surface area contributed by atoms with Crippen LogP contribution in [0.1, 0.15) is 46.1 Å². The number of benzene rings is 1. The molecule has 2 aromatic rings. The molecule has 0 bridgehead atoms. The van der Waals surface area contributed by atoms with E-state index in [1.807, 2.05) is 64.1 Å². The van der Waals surface area contributed by atoms with Crippen LogP contribution in [0.5, 0.6) is 0 Å². The summed E-state index contributed by atoms with van der Waals surface area (Å²) in [6.45, 7) is 8.20. The fraction of sp³-hybridized carbons (Fsp3) is 0.455. The Balaban J connectivity index is 1.52. The molecule has 2 fully saturated rings. The smallest absolute Gasteiger partial charge is 0.468 e. The Kier molecular flexibility index (Phi) is 4.40. The monoisotopic (exact) mass is 379 g/mol. The highest BCUT2D eigenvalue weighted by Gasteiger charge is 2.53. The summed E-state index contributed by atoms with van der Waals surface area (Å²) in [6, 6.07) is 12.0. The van der Waals surface area contributed by atoms with Crippen molar-refractivity contribution in [1.29, 1.82) is 0 Å². The molecule has 1 aromatic heterocycles. The van der Waals surface area contributed by atoms with Crippen molar-refractivity contribution in [3.63, 3.8) is 0 Å². The minimum Gasteiger partial charge on any atom is -0.468 e. The summed E-state index contributed by atoms with van der Waals surface area (Å²) in [5.74, 6) is -0.172. The maximum absolute atomic E-state index is 12.0. The summed E-state index contributed by atoms with van der Waals surface area (Å²) in [4.78, 5) is 16.6. The predicted octanol–water partition coefficient (Wildman–Crippen LogP) is 3.25. The molecule has 1 aromatic carbocycles. The van der Waals surface area contributed by atoms with Gasteiger partial charge in [0.05, 0.1) is 29.4 Å². The van der Waals surface area contributed by atoms with Gasteiger partial charge in [-0.2, -0.15) is 0 Å². The zero-order valence-corrected chi connectivity index (χ0v) is 17.1. The second-order valence-electron chi connectivity index (χ2n) is 8.72. The third-order valence-electron chi connectivity index (χ3n) is 6.37. The van der Waals surface area contributed by atoms with E-state index in [4.69, 9.17) is 14.0 Å². The summed E-state index contributed by atoms with van der Waals surface area (Å²) in [5.41, 5.74) is 2.59. The van der Waals surface area contributed by atoms with Gasteiger partial charge in [0.15, 0.2) is 0 Å². The van der Waals surface area contributed by atoms with E-state index in [0.29, 0.717) is 0 Å². The molecule has 1 aliphatic heterocycles. The highest BCUT2D eigenvalue weighted by molar-refractivity contribution is 6.62. The number of ether oxygens (including phenoxy) is 1. The summed E-state index contributed by atoms with van der Waals surface area (Å²) < 4.78 is 17.2. The molecule has 6 heteroatoms. The van der Waals surface area contributed by atoms with Crippen LogP contribution < -0.4 is 5.46 Å². The van der Waals surface area contributed by atoms with Crippen molar-refractivity contribution < 1.29 is 18.8 Å². The molecule has 1 aliphatic carbocycles. The van der Waals surface area contributed by atoms with E-state index in [1.54, 1.807) is 6.20 Å². The molecule has 0 unspecified atom stereocenters. The minimum atomic E-state index is -0.485. The number of carbonyl (C=O) groups is 1. The lowest BCUT2D eigenvalue weighted by Gasteiger charge is -2.32. The number of methoxy groups -OCH3 is 1. The van der Waals surface area contributed by atoms with Gasteiger partial charge in [0.25, 0.3) is 0 Å². The van der Waals surface area contributed by atoms with Crippen LogP contribution in [0.3, 0.4) is 0 Å². The molecule has 1 saturated heterocycles. The molecular formula is C22H26BNO4. The zero-order valence-electron chi connectivity index (χ0n) is 17.1. The van der Waals surface area contributed by atoms with Crippen LogP contribution in [0, 0.1) is 0 Å². The second-order valence-corrected chi connectivity index (χ2v) is 8.72. The van der Waals surface area contributed by atoms with Crippen LogP contribution in [0.4, 0.5) is 0 Å². The minimum absolute atomic E-state index is 0.172. The molecular weight excluding hydrogens is 353 g/mol. The third-order valence-corrected chi connectivity index (χ3v) is 6.37. The predicted molar refractivity (Wildman–Crippen MR) is 108 cm³/mol. The van der Waals surface area contributed by atoms with Crippen LogP contribution in [-0.4, -0.2) is 36.4 Å². The summed E-state index contributed by atoms with van der Waals surface area (Å²) in [5, 5.41) is 0. The lowest BCUT2D eigenvalue weighted by Crippen LogP contribution is -2.41. The van der Waals surface area contributed by atoms with Crippen molar-refractivity contribution in [2.45, 2.75) is 57.2 Å². The van der Waals surface area contributed by atoms with Gasteiger partial charge in [-0.05, 0) is 57.6 Å². The number of hydrogen-bond donors (Lipinski definition) is 0. The first kappa shape index (κ1) is 19.2. The van der Waals surface area contributed by atoms with Gasteiger partial charge in [-0.3, -0.25) is 9.78 Å². The Hall–Kier alpha value is -2.18. The fourth-order valence-electron chi connectivity index (χ4n) is 3.57. The van der Waals surface area contributed by atoms with Gasteiger partial charge in [0.1, 0.15) is 0 Å². The van der Waals surface area contributed by atoms with Gasteiger partial charge in [-0.25, -0.2) is 0 Å². The fourth-order valence-corrected chi connectivity index (χ4v) is 3.57. The van der Waals surface area contributed by atoms with Crippen molar-refractivity contribution in [3.8, 4) is 11.3 Å². The molecule has 146 valence electrons. The third kappa shape index (κ3) is 3.05. The van der Waals surface area contributed by atoms with E-state index in [2.05, 4.69) is 4.98 Å². The van der Waals surface area contributed by atoms with Crippen LogP contribution in [0.2, 0.25) is 0 Å². The summed E-state index contributed by atoms with van der Waals surface area (Å²) in [7, 11) is 1.07. The first-order valence-electron chi connectivity index (χ1n) is 9.69. The second kappa shape index (κ2) is 6.43. The Morgan fingerprint density at radius 1 is 1.00 bits per heavy atom. The highest BCUT2D eigenvalue weighted by atomic mass is 16.7. The topological polar surface area (TPSA) is 57.7 Å². The van der Waals surface area contributed by atoms with E-state index >= 15 is 0 Å². The maximum atomic E-state index is 12.0. The molecule has 1 saturated carbocycles. The normalized spacial score (nSPS) is 21.4. The molecule has 28 heavy (non-hydrogen) atoms. The highest BCUT2D eigenvalue weighted by Crippen LogP contribution is 2.49. The van der Waals surface area contributed by atoms with Crippen LogP contribution in [0.25, 0.3) is 11.3 Å². The Morgan fingerprint density at radius 2 is 1.61 bits per heavy atom. The molecule has 0 atom stereocenters. The van der Waals surface area contributed by atoms with Gasteiger partial charge in [0, 0.05) is 11.8 Å². The van der Waals surface area contributed by atoms with Gasteiger partial charge in [0.2, 0.25) is 0 Å². The lowest BCUT2D eigenvalue weighted by molar-refractivity contribution is -0.143. The van der Waals surface area contributed by atoms with Crippen molar-refractivity contribution in [2.75, 3.05) is 7.11 Å². The standard InChI is InChI=1S/C22H26BNO4/c1-20(2)21(3,4)28-23(27-20)17-9-6-15(7-10-17)18-11-8-16(14-24-18)22(12-13-22)19(25)26-5/h6-11,14H,12-13H2,1-5H3. The van der Waals surface area contributed by atoms with E-state index in [9.17, 15) is 4.79 Å². The number of pyridine rings is 1. The van der Waals surface area contributed by atoms with E-state index < -0.39 is 5.41 Å². The maximum Gasteiger partial charge on any atom is 0.494 e. The summed E-state index contributed by atoms with van der Waals surface area (Å²) >= 11 is 0. The van der Waals surface area contributed by atoms with Crippen molar-refractivity contribution in [3.05, 3.63) is 48.2 Å². The largest absolute Gasteiger partial charge is 0.494 e. The first-order valence-corrected chi connectivity index (χ1v) is 9.69. The average Bonchev–Trinajstić information content (AvgIpc) is 3.45. The first-order chi connectivity index (χ1) is 13.2. The Bertz CT molecular complexity index is 870. The molecule has 2 aliphatic rings. The molecule has 4 rings (SSSR count). The number of rotatable bonds is 4. The van der Waals surface area contributed by atoms with Crippen molar-refractivity contribution in [2.24, 2.45) is 0 Å². The average molecular weight is 379 g/mol. The van der Waals surface area contributed by atoms with Crippen LogP contribution in [-0.2, 0) is 24.3 Å². The van der Waals surface area contributed by atoms with Gasteiger partial charge in [-0.1, -0.05) is 30.3 Å². The van der Waals surface area contributed by atoms with Gasteiger partial charge >= 0.3 is 13.1 Å².